The molecule has 4 aromatic carbocycles. The van der Waals surface area contributed by atoms with E-state index in [4.69, 9.17) is 9.47 Å². The number of nitro groups is 1. The number of carbonyl (C=O) groups excluding carboxylic acids is 5. The number of methoxy groups -OCH3 is 2. The Morgan fingerprint density at radius 2 is 1.29 bits per heavy atom. The second-order valence-electron chi connectivity index (χ2n) is 11.1. The number of nitriles is 1. The molecule has 16 heteroatoms. The summed E-state index contributed by atoms with van der Waals surface area (Å²) in [5.74, 6) is -5.51. The van der Waals surface area contributed by atoms with Gasteiger partial charge in [-0.1, -0.05) is 0 Å². The third kappa shape index (κ3) is 8.47. The number of hydrogen-bond donors (Lipinski definition) is 5. The summed E-state index contributed by atoms with van der Waals surface area (Å²) in [5.41, 5.74) is 0.0990. The smallest absolute Gasteiger partial charge is 0.269 e. The first kappa shape index (κ1) is 37.5. The molecule has 0 saturated carbocycles. The van der Waals surface area contributed by atoms with E-state index in [0.29, 0.717) is 0 Å². The second-order valence-corrected chi connectivity index (χ2v) is 11.1. The highest BCUT2D eigenvalue weighted by Gasteiger charge is 2.25. The average molecular weight is 710 g/mol. The van der Waals surface area contributed by atoms with E-state index in [1.807, 2.05) is 6.07 Å². The first-order valence-electron chi connectivity index (χ1n) is 15.3. The molecule has 0 spiro atoms. The molecule has 1 unspecified atom stereocenters. The Bertz CT molecular complexity index is 2110. The van der Waals surface area contributed by atoms with Crippen LogP contribution in [0.1, 0.15) is 61.2 Å². The van der Waals surface area contributed by atoms with E-state index in [9.17, 15) is 49.6 Å². The number of phenols is 2. The van der Waals surface area contributed by atoms with Crippen LogP contribution in [-0.4, -0.2) is 58.6 Å². The SMILES string of the molecule is COc1c(NC(=O)c2ccc(NC(=O)c3ccc(NC(=O)C(CC#N)CC(=O)c4ccc([N+](=O)[O-])cc4)cc3)c(OC)c2O)ccc(C(C)=O)c1O. The lowest BCUT2D eigenvalue weighted by molar-refractivity contribution is -0.384. The number of anilines is 3. The van der Waals surface area contributed by atoms with Gasteiger partial charge in [-0.15, -0.1) is 0 Å². The van der Waals surface area contributed by atoms with E-state index in [0.717, 1.165) is 0 Å². The normalized spacial score (nSPS) is 11.0. The molecule has 0 aliphatic carbocycles. The number of rotatable bonds is 14. The maximum Gasteiger partial charge on any atom is 0.269 e. The minimum absolute atomic E-state index is 0.0111. The van der Waals surface area contributed by atoms with Crippen LogP contribution in [0.2, 0.25) is 0 Å². The minimum Gasteiger partial charge on any atom is -0.504 e. The Morgan fingerprint density at radius 3 is 1.81 bits per heavy atom. The highest BCUT2D eigenvalue weighted by atomic mass is 16.6. The summed E-state index contributed by atoms with van der Waals surface area (Å²) in [7, 11) is 2.45. The molecule has 0 saturated heterocycles. The standard InChI is InChI=1S/C36H31N5O11/c1-19(42)25-12-14-28(32(51-2)30(25)44)40-36(48)26-13-15-27(33(52-3)31(26)45)39-34(46)21-4-8-23(9-5-21)38-35(47)22(16-17-37)18-29(43)20-6-10-24(11-7-20)41(49)50/h4-15,22,44-45H,16,18H2,1-3H3,(H,38,47)(H,39,46)(H,40,48). The number of nitrogens with one attached hydrogen (secondary N) is 3. The number of aromatic hydroxyl groups is 2. The predicted molar refractivity (Wildman–Crippen MR) is 186 cm³/mol. The van der Waals surface area contributed by atoms with Crippen molar-refractivity contribution in [3.8, 4) is 29.1 Å². The van der Waals surface area contributed by atoms with Crippen LogP contribution >= 0.6 is 0 Å². The van der Waals surface area contributed by atoms with Gasteiger partial charge >= 0.3 is 0 Å². The summed E-state index contributed by atoms with van der Waals surface area (Å²) < 4.78 is 10.4. The van der Waals surface area contributed by atoms with Gasteiger partial charge in [0.05, 0.1) is 53.6 Å². The number of ether oxygens (including phenoxy) is 2. The molecule has 4 aromatic rings. The molecule has 0 aliphatic rings. The van der Waals surface area contributed by atoms with Gasteiger partial charge in [-0.2, -0.15) is 5.26 Å². The van der Waals surface area contributed by atoms with Gasteiger partial charge < -0.3 is 35.6 Å². The lowest BCUT2D eigenvalue weighted by Gasteiger charge is -2.16. The summed E-state index contributed by atoms with van der Waals surface area (Å²) in [6.45, 7) is 1.25. The number of hydrogen-bond acceptors (Lipinski definition) is 12. The van der Waals surface area contributed by atoms with Crippen LogP contribution in [0.3, 0.4) is 0 Å². The maximum atomic E-state index is 13.1. The van der Waals surface area contributed by atoms with Gasteiger partial charge in [0.2, 0.25) is 5.91 Å². The van der Waals surface area contributed by atoms with Gasteiger partial charge in [0, 0.05) is 41.8 Å². The Morgan fingerprint density at radius 1 is 0.769 bits per heavy atom. The highest BCUT2D eigenvalue weighted by molar-refractivity contribution is 6.10. The fourth-order valence-corrected chi connectivity index (χ4v) is 5.03. The van der Waals surface area contributed by atoms with Crippen LogP contribution < -0.4 is 25.4 Å². The summed E-state index contributed by atoms with van der Waals surface area (Å²) in [4.78, 5) is 73.9. The zero-order valence-electron chi connectivity index (χ0n) is 27.9. The largest absolute Gasteiger partial charge is 0.504 e. The lowest BCUT2D eigenvalue weighted by Crippen LogP contribution is -2.25. The van der Waals surface area contributed by atoms with Crippen molar-refractivity contribution in [3.05, 3.63) is 105 Å². The number of nitrogens with zero attached hydrogens (tertiary/aromatic N) is 2. The van der Waals surface area contributed by atoms with Gasteiger partial charge in [0.1, 0.15) is 0 Å². The Balaban J connectivity index is 1.43. The van der Waals surface area contributed by atoms with E-state index in [1.54, 1.807) is 0 Å². The quantitative estimate of drug-likeness (QED) is 0.0621. The van der Waals surface area contributed by atoms with Crippen molar-refractivity contribution in [2.45, 2.75) is 19.8 Å². The summed E-state index contributed by atoms with van der Waals surface area (Å²) in [5, 5.41) is 49.1. The van der Waals surface area contributed by atoms with Crippen LogP contribution in [0.4, 0.5) is 22.7 Å². The van der Waals surface area contributed by atoms with Crippen molar-refractivity contribution in [3.63, 3.8) is 0 Å². The minimum atomic E-state index is -1.03. The maximum absolute atomic E-state index is 13.1. The van der Waals surface area contributed by atoms with Crippen molar-refractivity contribution >= 4 is 52.0 Å². The third-order valence-electron chi connectivity index (χ3n) is 7.75. The molecule has 16 nitrogen and oxygen atoms in total. The first-order valence-corrected chi connectivity index (χ1v) is 15.3. The number of ketones is 2. The molecule has 4 rings (SSSR count). The van der Waals surface area contributed by atoms with E-state index in [1.165, 1.54) is 93.9 Å². The number of amides is 3. The van der Waals surface area contributed by atoms with Crippen LogP contribution in [0.25, 0.3) is 0 Å². The van der Waals surface area contributed by atoms with Crippen LogP contribution in [0, 0.1) is 27.4 Å². The molecule has 3 amide bonds. The van der Waals surface area contributed by atoms with Crippen LogP contribution in [0.15, 0.2) is 72.8 Å². The van der Waals surface area contributed by atoms with Crippen molar-refractivity contribution in [2.75, 3.05) is 30.2 Å². The van der Waals surface area contributed by atoms with Crippen LogP contribution in [0.5, 0.6) is 23.0 Å². The van der Waals surface area contributed by atoms with E-state index >= 15 is 0 Å². The fraction of sp³-hybridized carbons (Fsp3) is 0.167. The van der Waals surface area contributed by atoms with E-state index in [2.05, 4.69) is 16.0 Å². The molecular formula is C36H31N5O11. The number of carbonyl (C=O) groups is 5. The zero-order valence-corrected chi connectivity index (χ0v) is 27.9. The average Bonchev–Trinajstić information content (AvgIpc) is 3.11. The van der Waals surface area contributed by atoms with Gasteiger partial charge in [-0.05, 0) is 67.6 Å². The molecule has 0 bridgehead atoms. The fourth-order valence-electron chi connectivity index (χ4n) is 5.03. The van der Waals surface area contributed by atoms with Gasteiger partial charge in [0.15, 0.2) is 34.6 Å². The molecule has 0 aliphatic heterocycles. The molecule has 52 heavy (non-hydrogen) atoms. The lowest BCUT2D eigenvalue weighted by atomic mass is 9.95. The molecular weight excluding hydrogens is 678 g/mol. The molecule has 0 heterocycles. The first-order chi connectivity index (χ1) is 24.8. The third-order valence-corrected chi connectivity index (χ3v) is 7.75. The second kappa shape index (κ2) is 16.4. The topological polar surface area (TPSA) is 247 Å². The number of benzene rings is 4. The molecule has 1 atom stereocenters. The predicted octanol–water partition coefficient (Wildman–Crippen LogP) is 5.47. The molecule has 0 aromatic heterocycles. The molecule has 5 N–H and O–H groups in total. The van der Waals surface area contributed by atoms with Crippen LogP contribution in [-0.2, 0) is 4.79 Å². The van der Waals surface area contributed by atoms with Crippen molar-refractivity contribution in [1.82, 2.24) is 0 Å². The molecule has 0 fully saturated rings. The summed E-state index contributed by atoms with van der Waals surface area (Å²) in [6.07, 6.45) is -0.592. The Hall–Kier alpha value is -7.28. The van der Waals surface area contributed by atoms with Gasteiger partial charge in [-0.25, -0.2) is 0 Å². The van der Waals surface area contributed by atoms with Crippen molar-refractivity contribution < 1.29 is 48.6 Å². The zero-order chi connectivity index (χ0) is 38.1. The Kier molecular flexibility index (Phi) is 11.8. The van der Waals surface area contributed by atoms with Gasteiger partial charge in [0.25, 0.3) is 17.5 Å². The number of non-ortho nitro benzene ring substituents is 1. The summed E-state index contributed by atoms with van der Waals surface area (Å²) >= 11 is 0. The number of Topliss-reactive ketones (excluding diaryl/α,β-unsaturated/α-hetero) is 2. The summed E-state index contributed by atoms with van der Waals surface area (Å²) in [6, 6.07) is 17.6. The monoisotopic (exact) mass is 709 g/mol. The van der Waals surface area contributed by atoms with Crippen molar-refractivity contribution in [1.29, 1.82) is 5.26 Å². The number of phenolic OH excluding ortho intramolecular Hbond substituents is 2. The Labute approximate surface area is 295 Å². The van der Waals surface area contributed by atoms with E-state index < -0.39 is 51.6 Å². The highest BCUT2D eigenvalue weighted by Crippen LogP contribution is 2.40. The van der Waals surface area contributed by atoms with Crippen molar-refractivity contribution in [2.24, 2.45) is 5.92 Å². The molecule has 266 valence electrons. The van der Waals surface area contributed by atoms with E-state index in [-0.39, 0.29) is 69.3 Å². The number of nitro benzene ring substituents is 1. The van der Waals surface area contributed by atoms with Gasteiger partial charge in [-0.3, -0.25) is 34.1 Å². The molecule has 0 radical (unpaired) electrons.